The molecule has 0 aromatic carbocycles. The van der Waals surface area contributed by atoms with Crippen molar-refractivity contribution in [2.45, 2.75) is 12.5 Å². The lowest BCUT2D eigenvalue weighted by atomic mass is 10.3. The molecule has 0 radical (unpaired) electrons. The highest BCUT2D eigenvalue weighted by Crippen LogP contribution is 2.13. The molecule has 6 nitrogen and oxygen atoms in total. The van der Waals surface area contributed by atoms with Crippen LogP contribution in [-0.2, 0) is 14.8 Å². The van der Waals surface area contributed by atoms with Crippen LogP contribution in [0.4, 0.5) is 0 Å². The Morgan fingerprint density at radius 2 is 2.29 bits per heavy atom. The van der Waals surface area contributed by atoms with Gasteiger partial charge in [0, 0.05) is 19.1 Å². The van der Waals surface area contributed by atoms with Crippen LogP contribution >= 0.6 is 0 Å². The van der Waals surface area contributed by atoms with Crippen molar-refractivity contribution in [3.8, 4) is 0 Å². The van der Waals surface area contributed by atoms with E-state index in [1.54, 1.807) is 7.05 Å². The number of nitrogens with one attached hydrogen (secondary N) is 1. The monoisotopic (exact) mass is 222 g/mol. The predicted octanol–water partition coefficient (Wildman–Crippen LogP) is -1.31. The predicted molar refractivity (Wildman–Crippen MR) is 50.5 cm³/mol. The Bertz CT molecular complexity index is 314. The Kier molecular flexibility index (Phi) is 3.46. The minimum absolute atomic E-state index is 0.138. The van der Waals surface area contributed by atoms with Gasteiger partial charge in [-0.05, 0) is 13.5 Å². The van der Waals surface area contributed by atoms with E-state index in [0.29, 0.717) is 13.1 Å². The van der Waals surface area contributed by atoms with E-state index in [1.165, 1.54) is 4.31 Å². The molecule has 1 fully saturated rings. The molecule has 1 aliphatic heterocycles. The number of aliphatic carboxylic acids is 1. The topological polar surface area (TPSA) is 86.7 Å². The van der Waals surface area contributed by atoms with Gasteiger partial charge in [0.2, 0.25) is 10.0 Å². The molecular weight excluding hydrogens is 208 g/mol. The highest BCUT2D eigenvalue weighted by molar-refractivity contribution is 7.89. The Hall–Kier alpha value is -0.660. The number of likely N-dealkylation sites (N-methyl/N-ethyl adjacent to an activating group) is 1. The van der Waals surface area contributed by atoms with E-state index < -0.39 is 21.7 Å². The lowest BCUT2D eigenvalue weighted by Gasteiger charge is -2.14. The van der Waals surface area contributed by atoms with Crippen molar-refractivity contribution in [2.24, 2.45) is 0 Å². The van der Waals surface area contributed by atoms with Crippen molar-refractivity contribution in [3.05, 3.63) is 0 Å². The highest BCUT2D eigenvalue weighted by Gasteiger charge is 2.31. The van der Waals surface area contributed by atoms with E-state index in [9.17, 15) is 13.2 Å². The van der Waals surface area contributed by atoms with Crippen molar-refractivity contribution >= 4 is 16.0 Å². The molecule has 82 valence electrons. The maximum atomic E-state index is 11.4. The summed E-state index contributed by atoms with van der Waals surface area (Å²) in [5.41, 5.74) is 0. The Morgan fingerprint density at radius 1 is 1.64 bits per heavy atom. The van der Waals surface area contributed by atoms with Crippen LogP contribution in [0.1, 0.15) is 6.42 Å². The lowest BCUT2D eigenvalue weighted by molar-refractivity contribution is -0.134. The van der Waals surface area contributed by atoms with Crippen LogP contribution in [0, 0.1) is 0 Å². The summed E-state index contributed by atoms with van der Waals surface area (Å²) >= 11 is 0. The molecule has 14 heavy (non-hydrogen) atoms. The summed E-state index contributed by atoms with van der Waals surface area (Å²) in [6.07, 6.45) is 0.731. The lowest BCUT2D eigenvalue weighted by Crippen LogP contribution is -2.36. The molecule has 1 saturated heterocycles. The van der Waals surface area contributed by atoms with Gasteiger partial charge in [-0.3, -0.25) is 4.79 Å². The van der Waals surface area contributed by atoms with E-state index in [-0.39, 0.29) is 6.04 Å². The second-order valence-corrected chi connectivity index (χ2v) is 5.25. The molecule has 0 saturated carbocycles. The number of nitrogens with zero attached hydrogens (tertiary/aromatic N) is 1. The maximum Gasteiger partial charge on any atom is 0.320 e. The molecule has 7 heteroatoms. The SMILES string of the molecule is CNC1CCN(S(=O)(=O)CC(=O)O)C1. The quantitative estimate of drug-likeness (QED) is 0.617. The van der Waals surface area contributed by atoms with Crippen molar-refractivity contribution < 1.29 is 18.3 Å². The standard InChI is InChI=1S/C7H14N2O4S/c1-8-6-2-3-9(4-6)14(12,13)5-7(10)11/h6,8H,2-5H2,1H3,(H,10,11). The van der Waals surface area contributed by atoms with Crippen LogP contribution in [0.25, 0.3) is 0 Å². The fraction of sp³-hybridized carbons (Fsp3) is 0.857. The normalized spacial score (nSPS) is 23.9. The molecule has 2 N–H and O–H groups in total. The van der Waals surface area contributed by atoms with E-state index in [4.69, 9.17) is 5.11 Å². The van der Waals surface area contributed by atoms with Crippen LogP contribution < -0.4 is 5.32 Å². The summed E-state index contributed by atoms with van der Waals surface area (Å²) in [5.74, 6) is -2.12. The highest BCUT2D eigenvalue weighted by atomic mass is 32.2. The van der Waals surface area contributed by atoms with Crippen molar-refractivity contribution in [1.82, 2.24) is 9.62 Å². The molecule has 1 rings (SSSR count). The molecule has 0 spiro atoms. The number of carboxylic acid groups (broad SMARTS) is 1. The van der Waals surface area contributed by atoms with Gasteiger partial charge in [-0.15, -0.1) is 0 Å². The average molecular weight is 222 g/mol. The zero-order valence-electron chi connectivity index (χ0n) is 7.93. The van der Waals surface area contributed by atoms with Gasteiger partial charge in [-0.2, -0.15) is 4.31 Å². The van der Waals surface area contributed by atoms with E-state index in [0.717, 1.165) is 6.42 Å². The fourth-order valence-electron chi connectivity index (χ4n) is 1.46. The largest absolute Gasteiger partial charge is 0.480 e. The van der Waals surface area contributed by atoms with Crippen LogP contribution in [0.2, 0.25) is 0 Å². The summed E-state index contributed by atoms with van der Waals surface area (Å²) in [4.78, 5) is 10.3. The number of hydrogen-bond acceptors (Lipinski definition) is 4. The molecule has 1 atom stereocenters. The second-order valence-electron chi connectivity index (χ2n) is 3.28. The molecule has 0 aliphatic carbocycles. The van der Waals surface area contributed by atoms with Gasteiger partial charge in [-0.1, -0.05) is 0 Å². The number of sulfonamides is 1. The zero-order valence-corrected chi connectivity index (χ0v) is 8.75. The third-order valence-electron chi connectivity index (χ3n) is 2.26. The van der Waals surface area contributed by atoms with Crippen LogP contribution in [0.3, 0.4) is 0 Å². The zero-order chi connectivity index (χ0) is 10.8. The van der Waals surface area contributed by atoms with Crippen molar-refractivity contribution in [3.63, 3.8) is 0 Å². The van der Waals surface area contributed by atoms with Crippen molar-refractivity contribution in [1.29, 1.82) is 0 Å². The van der Waals surface area contributed by atoms with Gasteiger partial charge in [-0.25, -0.2) is 8.42 Å². The van der Waals surface area contributed by atoms with Gasteiger partial charge in [0.1, 0.15) is 0 Å². The first-order valence-electron chi connectivity index (χ1n) is 4.32. The summed E-state index contributed by atoms with van der Waals surface area (Å²) in [6, 6.07) is 0.138. The number of carbonyl (C=O) groups is 1. The third kappa shape index (κ3) is 2.66. The van der Waals surface area contributed by atoms with Gasteiger partial charge >= 0.3 is 5.97 Å². The number of carboxylic acids is 1. The first-order valence-corrected chi connectivity index (χ1v) is 5.93. The Morgan fingerprint density at radius 3 is 2.71 bits per heavy atom. The van der Waals surface area contributed by atoms with Gasteiger partial charge in [0.15, 0.2) is 5.75 Å². The summed E-state index contributed by atoms with van der Waals surface area (Å²) in [6.45, 7) is 0.771. The van der Waals surface area contributed by atoms with Gasteiger partial charge < -0.3 is 10.4 Å². The molecule has 1 aliphatic rings. The van der Waals surface area contributed by atoms with Gasteiger partial charge in [0.25, 0.3) is 0 Å². The van der Waals surface area contributed by atoms with Gasteiger partial charge in [0.05, 0.1) is 0 Å². The molecule has 1 unspecified atom stereocenters. The third-order valence-corrected chi connectivity index (χ3v) is 3.99. The number of rotatable bonds is 4. The first kappa shape index (κ1) is 11.4. The van der Waals surface area contributed by atoms with Crippen molar-refractivity contribution in [2.75, 3.05) is 25.9 Å². The molecule has 0 aromatic rings. The second kappa shape index (κ2) is 4.24. The average Bonchev–Trinajstić information content (AvgIpc) is 2.49. The summed E-state index contributed by atoms with van der Waals surface area (Å²) < 4.78 is 24.1. The Labute approximate surface area is 82.9 Å². The smallest absolute Gasteiger partial charge is 0.320 e. The molecule has 0 amide bonds. The summed E-state index contributed by atoms with van der Waals surface area (Å²) in [7, 11) is -1.85. The molecule has 1 heterocycles. The van der Waals surface area contributed by atoms with Crippen LogP contribution in [0.5, 0.6) is 0 Å². The Balaban J connectivity index is 2.62. The summed E-state index contributed by atoms with van der Waals surface area (Å²) in [5, 5.41) is 11.4. The van der Waals surface area contributed by atoms with E-state index in [1.807, 2.05) is 0 Å². The minimum atomic E-state index is -3.61. The molecular formula is C7H14N2O4S. The fourth-order valence-corrected chi connectivity index (χ4v) is 2.75. The van der Waals surface area contributed by atoms with E-state index >= 15 is 0 Å². The first-order chi connectivity index (χ1) is 6.45. The van der Waals surface area contributed by atoms with E-state index in [2.05, 4.69) is 5.32 Å². The van der Waals surface area contributed by atoms with Crippen LogP contribution in [0.15, 0.2) is 0 Å². The van der Waals surface area contributed by atoms with Crippen LogP contribution in [-0.4, -0.2) is 55.7 Å². The maximum absolute atomic E-state index is 11.4. The molecule has 0 aromatic heterocycles. The molecule has 0 bridgehead atoms. The minimum Gasteiger partial charge on any atom is -0.480 e. The number of hydrogen-bond donors (Lipinski definition) is 2.